The van der Waals surface area contributed by atoms with Crippen LogP contribution in [-0.2, 0) is 10.0 Å². The van der Waals surface area contributed by atoms with Crippen molar-refractivity contribution < 1.29 is 8.42 Å². The summed E-state index contributed by atoms with van der Waals surface area (Å²) in [6, 6.07) is 3.15. The molecule has 0 amide bonds. The van der Waals surface area contributed by atoms with Crippen LogP contribution in [-0.4, -0.2) is 27.0 Å². The fourth-order valence-corrected chi connectivity index (χ4v) is 2.69. The molecule has 0 unspecified atom stereocenters. The third-order valence-corrected chi connectivity index (χ3v) is 4.43. The van der Waals surface area contributed by atoms with Crippen LogP contribution in [0.5, 0.6) is 0 Å². The van der Waals surface area contributed by atoms with Crippen molar-refractivity contribution in [2.45, 2.75) is 32.1 Å². The molecule has 0 saturated carbocycles. The highest BCUT2D eigenvalue weighted by Crippen LogP contribution is 2.21. The van der Waals surface area contributed by atoms with Crippen molar-refractivity contribution in [3.8, 4) is 0 Å². The smallest absolute Gasteiger partial charge is 0.244 e. The molecule has 18 heavy (non-hydrogen) atoms. The number of aromatic nitrogens is 1. The van der Waals surface area contributed by atoms with Gasteiger partial charge in [0.15, 0.2) is 0 Å². The summed E-state index contributed by atoms with van der Waals surface area (Å²) in [4.78, 5) is 4.18. The molecular formula is C12H21N3O2S. The fraction of sp³-hybridized carbons (Fsp3) is 0.583. The molecule has 0 spiro atoms. The van der Waals surface area contributed by atoms with Crippen LogP contribution in [0.2, 0.25) is 0 Å². The van der Waals surface area contributed by atoms with Gasteiger partial charge in [-0.25, -0.2) is 18.1 Å². The largest absolute Gasteiger partial charge is 0.372 e. The van der Waals surface area contributed by atoms with Gasteiger partial charge in [0, 0.05) is 19.8 Å². The maximum atomic E-state index is 12.2. The van der Waals surface area contributed by atoms with Gasteiger partial charge >= 0.3 is 0 Å². The number of hydrogen-bond donors (Lipinski definition) is 2. The molecule has 0 aromatic carbocycles. The van der Waals surface area contributed by atoms with Crippen molar-refractivity contribution in [1.29, 1.82) is 0 Å². The lowest BCUT2D eigenvalue weighted by Gasteiger charge is -2.23. The third-order valence-electron chi connectivity index (χ3n) is 2.99. The zero-order valence-corrected chi connectivity index (χ0v) is 12.1. The van der Waals surface area contributed by atoms with Crippen LogP contribution in [0.25, 0.3) is 0 Å². The lowest BCUT2D eigenvalue weighted by Crippen LogP contribution is -2.34. The van der Waals surface area contributed by atoms with E-state index in [0.717, 1.165) is 6.42 Å². The maximum absolute atomic E-state index is 12.2. The number of nitrogens with one attached hydrogen (secondary N) is 2. The predicted octanol–water partition coefficient (Wildman–Crippen LogP) is 1.84. The Kier molecular flexibility index (Phi) is 4.70. The van der Waals surface area contributed by atoms with E-state index in [1.54, 1.807) is 25.4 Å². The first-order valence-electron chi connectivity index (χ1n) is 5.95. The zero-order valence-electron chi connectivity index (χ0n) is 11.3. The molecule has 1 aromatic heterocycles. The second-order valence-electron chi connectivity index (χ2n) is 4.94. The van der Waals surface area contributed by atoms with Gasteiger partial charge in [-0.1, -0.05) is 20.8 Å². The van der Waals surface area contributed by atoms with Gasteiger partial charge in [0.25, 0.3) is 0 Å². The Hall–Kier alpha value is -1.14. The number of nitrogens with zero attached hydrogens (tertiary/aromatic N) is 1. The van der Waals surface area contributed by atoms with Crippen molar-refractivity contribution in [2.24, 2.45) is 5.41 Å². The molecule has 0 aliphatic rings. The summed E-state index contributed by atoms with van der Waals surface area (Å²) in [6.45, 7) is 6.50. The van der Waals surface area contributed by atoms with Crippen LogP contribution < -0.4 is 10.0 Å². The highest BCUT2D eigenvalue weighted by molar-refractivity contribution is 7.89. The maximum Gasteiger partial charge on any atom is 0.244 e. The first-order chi connectivity index (χ1) is 8.32. The molecule has 0 saturated heterocycles. The monoisotopic (exact) mass is 271 g/mol. The van der Waals surface area contributed by atoms with E-state index in [1.165, 1.54) is 0 Å². The molecule has 0 fully saturated rings. The topological polar surface area (TPSA) is 71.1 Å². The third kappa shape index (κ3) is 3.68. The van der Waals surface area contributed by atoms with Crippen LogP contribution in [0.1, 0.15) is 27.2 Å². The molecule has 2 N–H and O–H groups in total. The molecule has 102 valence electrons. The molecule has 1 rings (SSSR count). The summed E-state index contributed by atoms with van der Waals surface area (Å²) in [5.41, 5.74) is -0.0604. The Labute approximate surface area is 109 Å². The average molecular weight is 271 g/mol. The van der Waals surface area contributed by atoms with Gasteiger partial charge in [-0.15, -0.1) is 0 Å². The van der Waals surface area contributed by atoms with Gasteiger partial charge in [-0.3, -0.25) is 0 Å². The van der Waals surface area contributed by atoms with Crippen LogP contribution >= 0.6 is 0 Å². The van der Waals surface area contributed by atoms with E-state index in [1.807, 2.05) is 20.8 Å². The Morgan fingerprint density at radius 1 is 1.39 bits per heavy atom. The summed E-state index contributed by atoms with van der Waals surface area (Å²) >= 11 is 0. The molecule has 0 radical (unpaired) electrons. The average Bonchev–Trinajstić information content (AvgIpc) is 2.37. The predicted molar refractivity (Wildman–Crippen MR) is 73.0 cm³/mol. The van der Waals surface area contributed by atoms with Gasteiger partial charge in [0.1, 0.15) is 10.7 Å². The van der Waals surface area contributed by atoms with E-state index >= 15 is 0 Å². The van der Waals surface area contributed by atoms with Crippen molar-refractivity contribution in [3.05, 3.63) is 18.3 Å². The fourth-order valence-electron chi connectivity index (χ4n) is 1.29. The van der Waals surface area contributed by atoms with Gasteiger partial charge in [0.2, 0.25) is 10.0 Å². The highest BCUT2D eigenvalue weighted by atomic mass is 32.2. The Bertz CT molecular complexity index is 498. The number of hydrogen-bond acceptors (Lipinski definition) is 4. The molecule has 0 aliphatic carbocycles. The van der Waals surface area contributed by atoms with Gasteiger partial charge in [0.05, 0.1) is 0 Å². The van der Waals surface area contributed by atoms with E-state index in [0.29, 0.717) is 12.4 Å². The number of rotatable bonds is 6. The minimum Gasteiger partial charge on any atom is -0.372 e. The summed E-state index contributed by atoms with van der Waals surface area (Å²) in [7, 11) is -1.87. The normalized spacial score (nSPS) is 12.4. The number of anilines is 1. The molecule has 6 heteroatoms. The van der Waals surface area contributed by atoms with Crippen molar-refractivity contribution in [1.82, 2.24) is 9.71 Å². The minimum atomic E-state index is -3.52. The molecule has 1 heterocycles. The van der Waals surface area contributed by atoms with Crippen LogP contribution in [0.15, 0.2) is 23.2 Å². The number of pyridine rings is 1. The highest BCUT2D eigenvalue weighted by Gasteiger charge is 2.23. The molecule has 1 aromatic rings. The summed E-state index contributed by atoms with van der Waals surface area (Å²) in [6.07, 6.45) is 2.46. The van der Waals surface area contributed by atoms with E-state index in [-0.39, 0.29) is 10.3 Å². The first-order valence-corrected chi connectivity index (χ1v) is 7.43. The van der Waals surface area contributed by atoms with Crippen molar-refractivity contribution >= 4 is 15.8 Å². The van der Waals surface area contributed by atoms with E-state index in [4.69, 9.17) is 0 Å². The molecule has 0 atom stereocenters. The zero-order chi connectivity index (χ0) is 13.8. The van der Waals surface area contributed by atoms with Gasteiger partial charge in [-0.2, -0.15) is 0 Å². The molecule has 0 aliphatic heterocycles. The standard InChI is InChI=1S/C12H21N3O2S/c1-5-12(2,3)9-15-18(16,17)10-7-6-8-14-11(10)13-4/h6-8,15H,5,9H2,1-4H3,(H,13,14). The van der Waals surface area contributed by atoms with Crippen LogP contribution in [0.3, 0.4) is 0 Å². The van der Waals surface area contributed by atoms with Crippen molar-refractivity contribution in [2.75, 3.05) is 18.9 Å². The van der Waals surface area contributed by atoms with Gasteiger partial charge in [-0.05, 0) is 24.0 Å². The summed E-state index contributed by atoms with van der Waals surface area (Å²) in [5.74, 6) is 0.360. The Morgan fingerprint density at radius 2 is 2.06 bits per heavy atom. The summed E-state index contributed by atoms with van der Waals surface area (Å²) in [5, 5.41) is 2.78. The molecule has 5 nitrogen and oxygen atoms in total. The Balaban J connectivity index is 2.94. The summed E-state index contributed by atoms with van der Waals surface area (Å²) < 4.78 is 27.0. The van der Waals surface area contributed by atoms with Crippen LogP contribution in [0, 0.1) is 5.41 Å². The second-order valence-corrected chi connectivity index (χ2v) is 6.68. The van der Waals surface area contributed by atoms with E-state index in [2.05, 4.69) is 15.0 Å². The van der Waals surface area contributed by atoms with Crippen LogP contribution in [0.4, 0.5) is 5.82 Å². The lowest BCUT2D eigenvalue weighted by molar-refractivity contribution is 0.350. The SMILES string of the molecule is CCC(C)(C)CNS(=O)(=O)c1cccnc1NC. The minimum absolute atomic E-state index is 0.0604. The van der Waals surface area contributed by atoms with Gasteiger partial charge < -0.3 is 5.32 Å². The van der Waals surface area contributed by atoms with E-state index < -0.39 is 10.0 Å². The lowest BCUT2D eigenvalue weighted by atomic mass is 9.91. The van der Waals surface area contributed by atoms with E-state index in [9.17, 15) is 8.42 Å². The first kappa shape index (κ1) is 14.9. The quantitative estimate of drug-likeness (QED) is 0.828. The molecule has 0 bridgehead atoms. The molecular weight excluding hydrogens is 250 g/mol. The van der Waals surface area contributed by atoms with Crippen molar-refractivity contribution in [3.63, 3.8) is 0 Å². The Morgan fingerprint density at radius 3 is 2.61 bits per heavy atom. The second kappa shape index (κ2) is 5.67. The number of sulfonamides is 1.